The lowest BCUT2D eigenvalue weighted by Gasteiger charge is -2.06. The van der Waals surface area contributed by atoms with Crippen LogP contribution in [-0.2, 0) is 6.54 Å². The number of hydrogen-bond donors (Lipinski definition) is 3. The second-order valence-corrected chi connectivity index (χ2v) is 4.96. The van der Waals surface area contributed by atoms with Crippen molar-refractivity contribution in [3.05, 3.63) is 35.4 Å². The first kappa shape index (κ1) is 12.9. The highest BCUT2D eigenvalue weighted by Crippen LogP contribution is 2.34. The van der Waals surface area contributed by atoms with E-state index in [4.69, 9.17) is 10.9 Å². The molecule has 1 saturated carbocycles. The van der Waals surface area contributed by atoms with E-state index >= 15 is 0 Å². The molecule has 0 heterocycles. The largest absolute Gasteiger partial charge is 0.409 e. The summed E-state index contributed by atoms with van der Waals surface area (Å²) in [4.78, 5) is 0. The quantitative estimate of drug-likeness (QED) is 0.312. The number of rotatable bonds is 6. The zero-order chi connectivity index (χ0) is 13.0. The summed E-state index contributed by atoms with van der Waals surface area (Å²) in [6.45, 7) is 3.08. The molecule has 0 spiro atoms. The summed E-state index contributed by atoms with van der Waals surface area (Å²) in [5.41, 5.74) is 7.50. The lowest BCUT2D eigenvalue weighted by molar-refractivity contribution is 0.318. The van der Waals surface area contributed by atoms with E-state index in [0.717, 1.165) is 18.0 Å². The van der Waals surface area contributed by atoms with Crippen molar-refractivity contribution in [2.45, 2.75) is 38.8 Å². The second kappa shape index (κ2) is 5.87. The molecule has 1 fully saturated rings. The van der Waals surface area contributed by atoms with Crippen LogP contribution in [0.3, 0.4) is 0 Å². The van der Waals surface area contributed by atoms with E-state index < -0.39 is 0 Å². The summed E-state index contributed by atoms with van der Waals surface area (Å²) in [6, 6.07) is 8.46. The molecule has 0 aliphatic heterocycles. The monoisotopic (exact) mass is 247 g/mol. The zero-order valence-electron chi connectivity index (χ0n) is 10.8. The van der Waals surface area contributed by atoms with Gasteiger partial charge in [0, 0.05) is 18.2 Å². The van der Waals surface area contributed by atoms with Gasteiger partial charge in [0.25, 0.3) is 0 Å². The topological polar surface area (TPSA) is 70.6 Å². The van der Waals surface area contributed by atoms with Gasteiger partial charge in [-0.05, 0) is 30.4 Å². The first-order chi connectivity index (χ1) is 8.74. The second-order valence-electron chi connectivity index (χ2n) is 4.96. The Morgan fingerprint density at radius 1 is 1.56 bits per heavy atom. The molecule has 1 aromatic carbocycles. The summed E-state index contributed by atoms with van der Waals surface area (Å²) >= 11 is 0. The Morgan fingerprint density at radius 2 is 2.39 bits per heavy atom. The van der Waals surface area contributed by atoms with Gasteiger partial charge in [0.15, 0.2) is 5.84 Å². The number of oxime groups is 1. The molecule has 0 aromatic heterocycles. The molecule has 4 nitrogen and oxygen atoms in total. The van der Waals surface area contributed by atoms with Crippen LogP contribution in [0.4, 0.5) is 0 Å². The first-order valence-corrected chi connectivity index (χ1v) is 6.54. The minimum Gasteiger partial charge on any atom is -0.409 e. The average Bonchev–Trinajstić information content (AvgIpc) is 3.15. The minimum absolute atomic E-state index is 0.159. The Labute approximate surface area is 108 Å². The summed E-state index contributed by atoms with van der Waals surface area (Å²) in [5.74, 6) is 1.02. The van der Waals surface area contributed by atoms with Crippen LogP contribution in [0.25, 0.3) is 0 Å². The molecule has 98 valence electrons. The third-order valence-electron chi connectivity index (χ3n) is 3.48. The Morgan fingerprint density at radius 3 is 3.11 bits per heavy atom. The Hall–Kier alpha value is -1.55. The van der Waals surface area contributed by atoms with Crippen LogP contribution in [-0.4, -0.2) is 17.1 Å². The lowest BCUT2D eigenvalue weighted by atomic mass is 10.1. The molecule has 0 bridgehead atoms. The Kier molecular flexibility index (Phi) is 4.20. The SMILES string of the molecule is CCCC1CC1NCc1cccc(/C(N)=N/O)c1. The maximum atomic E-state index is 8.65. The highest BCUT2D eigenvalue weighted by atomic mass is 16.4. The van der Waals surface area contributed by atoms with Crippen LogP contribution in [0, 0.1) is 5.92 Å². The smallest absolute Gasteiger partial charge is 0.170 e. The molecule has 2 atom stereocenters. The van der Waals surface area contributed by atoms with Crippen molar-refractivity contribution in [2.75, 3.05) is 0 Å². The fourth-order valence-corrected chi connectivity index (χ4v) is 2.33. The van der Waals surface area contributed by atoms with Gasteiger partial charge in [-0.3, -0.25) is 0 Å². The van der Waals surface area contributed by atoms with Crippen molar-refractivity contribution >= 4 is 5.84 Å². The number of nitrogens with zero attached hydrogens (tertiary/aromatic N) is 1. The van der Waals surface area contributed by atoms with Crippen molar-refractivity contribution in [3.8, 4) is 0 Å². The van der Waals surface area contributed by atoms with E-state index in [-0.39, 0.29) is 5.84 Å². The van der Waals surface area contributed by atoms with Crippen LogP contribution < -0.4 is 11.1 Å². The van der Waals surface area contributed by atoms with Gasteiger partial charge in [0.05, 0.1) is 0 Å². The Bertz CT molecular complexity index is 431. The summed E-state index contributed by atoms with van der Waals surface area (Å²) in [5, 5.41) is 15.2. The van der Waals surface area contributed by atoms with Crippen molar-refractivity contribution in [2.24, 2.45) is 16.8 Å². The van der Waals surface area contributed by atoms with Gasteiger partial charge < -0.3 is 16.3 Å². The van der Waals surface area contributed by atoms with E-state index in [1.54, 1.807) is 0 Å². The molecule has 1 aliphatic rings. The number of nitrogens with one attached hydrogen (secondary N) is 1. The van der Waals surface area contributed by atoms with Crippen molar-refractivity contribution in [1.82, 2.24) is 5.32 Å². The van der Waals surface area contributed by atoms with E-state index in [0.29, 0.717) is 6.04 Å². The highest BCUT2D eigenvalue weighted by molar-refractivity contribution is 5.97. The maximum absolute atomic E-state index is 8.65. The molecular weight excluding hydrogens is 226 g/mol. The molecule has 0 saturated heterocycles. The summed E-state index contributed by atoms with van der Waals surface area (Å²) in [6.07, 6.45) is 3.89. The van der Waals surface area contributed by atoms with Gasteiger partial charge in [-0.2, -0.15) is 0 Å². The molecule has 2 unspecified atom stereocenters. The fraction of sp³-hybridized carbons (Fsp3) is 0.500. The van der Waals surface area contributed by atoms with Crippen LogP contribution in [0.15, 0.2) is 29.4 Å². The molecule has 18 heavy (non-hydrogen) atoms. The van der Waals surface area contributed by atoms with Gasteiger partial charge in [-0.1, -0.05) is 36.7 Å². The maximum Gasteiger partial charge on any atom is 0.170 e. The van der Waals surface area contributed by atoms with E-state index in [2.05, 4.69) is 23.5 Å². The molecule has 1 aromatic rings. The Balaban J connectivity index is 1.87. The molecular formula is C14H21N3O. The van der Waals surface area contributed by atoms with E-state index in [1.807, 2.05) is 18.2 Å². The molecule has 4 heteroatoms. The number of hydrogen-bond acceptors (Lipinski definition) is 3. The van der Waals surface area contributed by atoms with Gasteiger partial charge >= 0.3 is 0 Å². The molecule has 2 rings (SSSR count). The van der Waals surface area contributed by atoms with Gasteiger partial charge in [-0.15, -0.1) is 0 Å². The standard InChI is InChI=1S/C14H21N3O/c1-2-4-11-8-13(11)16-9-10-5-3-6-12(7-10)14(15)17-18/h3,5-7,11,13,16,18H,2,4,8-9H2,1H3,(H2,15,17). The predicted molar refractivity (Wildman–Crippen MR) is 72.6 cm³/mol. The van der Waals surface area contributed by atoms with Crippen molar-refractivity contribution in [1.29, 1.82) is 0 Å². The molecule has 4 N–H and O–H groups in total. The van der Waals surface area contributed by atoms with E-state index in [9.17, 15) is 0 Å². The van der Waals surface area contributed by atoms with Crippen LogP contribution in [0.1, 0.15) is 37.3 Å². The number of nitrogens with two attached hydrogens (primary N) is 1. The third kappa shape index (κ3) is 3.23. The number of benzene rings is 1. The third-order valence-corrected chi connectivity index (χ3v) is 3.48. The fourth-order valence-electron chi connectivity index (χ4n) is 2.33. The van der Waals surface area contributed by atoms with Gasteiger partial charge in [0.1, 0.15) is 0 Å². The highest BCUT2D eigenvalue weighted by Gasteiger charge is 2.35. The van der Waals surface area contributed by atoms with Crippen LogP contribution >= 0.6 is 0 Å². The van der Waals surface area contributed by atoms with Crippen molar-refractivity contribution < 1.29 is 5.21 Å². The summed E-state index contributed by atoms with van der Waals surface area (Å²) in [7, 11) is 0. The predicted octanol–water partition coefficient (Wildman–Crippen LogP) is 2.06. The van der Waals surface area contributed by atoms with Gasteiger partial charge in [0.2, 0.25) is 0 Å². The zero-order valence-corrected chi connectivity index (χ0v) is 10.8. The molecule has 0 amide bonds. The van der Waals surface area contributed by atoms with E-state index in [1.165, 1.54) is 24.8 Å². The molecule has 1 aliphatic carbocycles. The lowest BCUT2D eigenvalue weighted by Crippen LogP contribution is -2.18. The van der Waals surface area contributed by atoms with Crippen LogP contribution in [0.5, 0.6) is 0 Å². The van der Waals surface area contributed by atoms with Crippen LogP contribution in [0.2, 0.25) is 0 Å². The normalized spacial score (nSPS) is 23.1. The van der Waals surface area contributed by atoms with Gasteiger partial charge in [-0.25, -0.2) is 0 Å². The minimum atomic E-state index is 0.159. The average molecular weight is 247 g/mol. The number of amidine groups is 1. The van der Waals surface area contributed by atoms with Crippen molar-refractivity contribution in [3.63, 3.8) is 0 Å². The molecule has 0 radical (unpaired) electrons. The first-order valence-electron chi connectivity index (χ1n) is 6.54. The summed E-state index contributed by atoms with van der Waals surface area (Å²) < 4.78 is 0.